The van der Waals surface area contributed by atoms with Gasteiger partial charge in [-0.15, -0.1) is 11.3 Å². The summed E-state index contributed by atoms with van der Waals surface area (Å²) in [7, 11) is 0. The second-order valence-electron chi connectivity index (χ2n) is 5.26. The van der Waals surface area contributed by atoms with E-state index in [0.717, 1.165) is 9.78 Å². The van der Waals surface area contributed by atoms with Crippen LogP contribution in [0.4, 0.5) is 4.79 Å². The summed E-state index contributed by atoms with van der Waals surface area (Å²) in [5, 5.41) is 4.44. The van der Waals surface area contributed by atoms with Crippen molar-refractivity contribution in [1.29, 1.82) is 0 Å². The number of imide groups is 1. The Hall–Kier alpha value is -2.67. The Labute approximate surface area is 143 Å². The molecule has 2 heterocycles. The lowest BCUT2D eigenvalue weighted by atomic mass is 10.1. The molecule has 1 aromatic carbocycles. The van der Waals surface area contributed by atoms with Crippen LogP contribution in [-0.2, 0) is 22.5 Å². The first-order valence-electron chi connectivity index (χ1n) is 7.51. The number of rotatable bonds is 6. The zero-order valence-electron chi connectivity index (χ0n) is 12.9. The van der Waals surface area contributed by atoms with Gasteiger partial charge in [0.2, 0.25) is 5.91 Å². The third-order valence-electron chi connectivity index (χ3n) is 3.66. The average molecular weight is 344 g/mol. The first kappa shape index (κ1) is 16.2. The highest BCUT2D eigenvalue weighted by Crippen LogP contribution is 2.16. The van der Waals surface area contributed by atoms with Gasteiger partial charge in [0, 0.05) is 11.3 Å². The van der Waals surface area contributed by atoms with Gasteiger partial charge in [0.15, 0.2) is 0 Å². The van der Waals surface area contributed by atoms with Crippen LogP contribution >= 0.6 is 11.3 Å². The third-order valence-corrected chi connectivity index (χ3v) is 4.60. The molecule has 0 radical (unpaired) electrons. The maximum atomic E-state index is 12.3. The second kappa shape index (κ2) is 7.27. The number of benzene rings is 1. The topological polar surface area (TPSA) is 75.7 Å². The molecule has 124 valence electrons. The molecule has 24 heavy (non-hydrogen) atoms. The van der Waals surface area contributed by atoms with E-state index >= 15 is 0 Å². The van der Waals surface area contributed by atoms with Crippen LogP contribution in [0.15, 0.2) is 41.8 Å². The Kier molecular flexibility index (Phi) is 4.90. The molecule has 0 bridgehead atoms. The lowest BCUT2D eigenvalue weighted by Crippen LogP contribution is -2.31. The molecule has 1 aromatic heterocycles. The van der Waals surface area contributed by atoms with Crippen molar-refractivity contribution in [3.05, 3.63) is 57.8 Å². The van der Waals surface area contributed by atoms with Crippen LogP contribution < -0.4 is 5.32 Å². The Bertz CT molecular complexity index is 742. The smallest absolute Gasteiger partial charge is 0.338 e. The minimum atomic E-state index is -0.450. The standard InChI is InChI=1S/C17H16N2O4S/c20-15-10-18-17(22)19(15)11-12-4-1-2-6-14(12)16(21)23-8-7-13-5-3-9-24-13/h1-6,9H,7-8,10-11H2,(H,18,22). The molecule has 6 nitrogen and oxygen atoms in total. The molecule has 0 unspecified atom stereocenters. The van der Waals surface area contributed by atoms with Gasteiger partial charge in [-0.1, -0.05) is 24.3 Å². The van der Waals surface area contributed by atoms with Gasteiger partial charge in [0.25, 0.3) is 0 Å². The summed E-state index contributed by atoms with van der Waals surface area (Å²) in [6.07, 6.45) is 0.665. The van der Waals surface area contributed by atoms with Crippen molar-refractivity contribution in [2.24, 2.45) is 0 Å². The number of amides is 3. The molecule has 0 spiro atoms. The number of hydrogen-bond donors (Lipinski definition) is 1. The minimum absolute atomic E-state index is 0.00768. The van der Waals surface area contributed by atoms with Gasteiger partial charge in [-0.25, -0.2) is 9.59 Å². The molecule has 2 aromatic rings. The molecular weight excluding hydrogens is 328 g/mol. The number of esters is 1. The molecule has 3 rings (SSSR count). The molecule has 1 saturated heterocycles. The van der Waals surface area contributed by atoms with Crippen LogP contribution in [0.1, 0.15) is 20.8 Å². The van der Waals surface area contributed by atoms with Gasteiger partial charge >= 0.3 is 12.0 Å². The van der Waals surface area contributed by atoms with Gasteiger partial charge < -0.3 is 10.1 Å². The minimum Gasteiger partial charge on any atom is -0.462 e. The largest absolute Gasteiger partial charge is 0.462 e. The maximum Gasteiger partial charge on any atom is 0.338 e. The van der Waals surface area contributed by atoms with E-state index in [-0.39, 0.29) is 25.6 Å². The van der Waals surface area contributed by atoms with E-state index in [0.29, 0.717) is 17.5 Å². The summed E-state index contributed by atoms with van der Waals surface area (Å²) in [4.78, 5) is 37.9. The number of carbonyl (C=O) groups is 3. The Morgan fingerprint density at radius 1 is 1.21 bits per heavy atom. The van der Waals surface area contributed by atoms with Crippen molar-refractivity contribution in [2.75, 3.05) is 13.2 Å². The summed E-state index contributed by atoms with van der Waals surface area (Å²) >= 11 is 1.62. The summed E-state index contributed by atoms with van der Waals surface area (Å²) in [6.45, 7) is 0.337. The quantitative estimate of drug-likeness (QED) is 0.644. The monoisotopic (exact) mass is 344 g/mol. The molecular formula is C17H16N2O4S. The van der Waals surface area contributed by atoms with Crippen LogP contribution in [0.25, 0.3) is 0 Å². The predicted molar refractivity (Wildman–Crippen MR) is 88.7 cm³/mol. The third kappa shape index (κ3) is 3.62. The fraction of sp³-hybridized carbons (Fsp3) is 0.235. The van der Waals surface area contributed by atoms with E-state index < -0.39 is 12.0 Å². The molecule has 0 aliphatic carbocycles. The summed E-state index contributed by atoms with van der Waals surface area (Å²) in [5.74, 6) is -0.755. The van der Waals surface area contributed by atoms with Crippen molar-refractivity contribution in [3.8, 4) is 0 Å². The van der Waals surface area contributed by atoms with Gasteiger partial charge in [-0.05, 0) is 23.1 Å². The second-order valence-corrected chi connectivity index (χ2v) is 6.29. The normalized spacial score (nSPS) is 13.9. The number of nitrogens with zero attached hydrogens (tertiary/aromatic N) is 1. The van der Waals surface area contributed by atoms with Crippen molar-refractivity contribution in [1.82, 2.24) is 10.2 Å². The SMILES string of the molecule is O=C(OCCc1cccs1)c1ccccc1CN1C(=O)CNC1=O. The van der Waals surface area contributed by atoms with Crippen LogP contribution in [0.5, 0.6) is 0 Å². The predicted octanol–water partition coefficient (Wildman–Crippen LogP) is 2.20. The Morgan fingerprint density at radius 2 is 2.04 bits per heavy atom. The number of nitrogens with one attached hydrogen (secondary N) is 1. The highest BCUT2D eigenvalue weighted by molar-refractivity contribution is 7.09. The molecule has 1 fully saturated rings. The molecule has 1 aliphatic heterocycles. The maximum absolute atomic E-state index is 12.3. The molecule has 3 amide bonds. The molecule has 1 aliphatic rings. The van der Waals surface area contributed by atoms with E-state index in [1.807, 2.05) is 17.5 Å². The van der Waals surface area contributed by atoms with Crippen molar-refractivity contribution >= 4 is 29.2 Å². The summed E-state index contributed by atoms with van der Waals surface area (Å²) in [5.41, 5.74) is 0.959. The van der Waals surface area contributed by atoms with E-state index in [2.05, 4.69) is 5.32 Å². The van der Waals surface area contributed by atoms with Crippen LogP contribution in [0, 0.1) is 0 Å². The fourth-order valence-electron chi connectivity index (χ4n) is 2.42. The van der Waals surface area contributed by atoms with Crippen molar-refractivity contribution in [2.45, 2.75) is 13.0 Å². The first-order chi connectivity index (χ1) is 11.6. The zero-order valence-corrected chi connectivity index (χ0v) is 13.7. The van der Waals surface area contributed by atoms with Crippen LogP contribution in [0.3, 0.4) is 0 Å². The van der Waals surface area contributed by atoms with Gasteiger partial charge in [0.1, 0.15) is 0 Å². The molecule has 7 heteroatoms. The zero-order chi connectivity index (χ0) is 16.9. The van der Waals surface area contributed by atoms with Crippen molar-refractivity contribution < 1.29 is 19.1 Å². The number of carbonyl (C=O) groups excluding carboxylic acids is 3. The van der Waals surface area contributed by atoms with E-state index in [1.54, 1.807) is 35.6 Å². The lowest BCUT2D eigenvalue weighted by molar-refractivity contribution is -0.125. The first-order valence-corrected chi connectivity index (χ1v) is 8.38. The van der Waals surface area contributed by atoms with Crippen molar-refractivity contribution in [3.63, 3.8) is 0 Å². The lowest BCUT2D eigenvalue weighted by Gasteiger charge is -2.15. The molecule has 0 saturated carbocycles. The highest BCUT2D eigenvalue weighted by Gasteiger charge is 2.29. The summed E-state index contributed by atoms with van der Waals surface area (Å²) < 4.78 is 5.32. The van der Waals surface area contributed by atoms with Gasteiger partial charge in [-0.3, -0.25) is 9.69 Å². The van der Waals surface area contributed by atoms with Crippen LogP contribution in [-0.4, -0.2) is 36.0 Å². The molecule has 1 N–H and O–H groups in total. The number of urea groups is 1. The van der Waals surface area contributed by atoms with Gasteiger partial charge in [-0.2, -0.15) is 0 Å². The number of ether oxygens (including phenoxy) is 1. The Balaban J connectivity index is 1.65. The summed E-state index contributed by atoms with van der Waals surface area (Å²) in [6, 6.07) is 10.3. The fourth-order valence-corrected chi connectivity index (χ4v) is 3.11. The van der Waals surface area contributed by atoms with E-state index in [9.17, 15) is 14.4 Å². The van der Waals surface area contributed by atoms with E-state index in [1.165, 1.54) is 0 Å². The van der Waals surface area contributed by atoms with E-state index in [4.69, 9.17) is 4.74 Å². The number of thiophene rings is 1. The Morgan fingerprint density at radius 3 is 2.75 bits per heavy atom. The number of hydrogen-bond acceptors (Lipinski definition) is 5. The average Bonchev–Trinajstić information content (AvgIpc) is 3.20. The van der Waals surface area contributed by atoms with Crippen LogP contribution in [0.2, 0.25) is 0 Å². The molecule has 0 atom stereocenters. The van der Waals surface area contributed by atoms with Gasteiger partial charge in [0.05, 0.1) is 25.3 Å². The highest BCUT2D eigenvalue weighted by atomic mass is 32.1.